The molecule has 1 aliphatic rings. The summed E-state index contributed by atoms with van der Waals surface area (Å²) >= 11 is 0. The van der Waals surface area contributed by atoms with Crippen LogP contribution in [0.2, 0.25) is 0 Å². The summed E-state index contributed by atoms with van der Waals surface area (Å²) in [6.45, 7) is 3.50. The highest BCUT2D eigenvalue weighted by Gasteiger charge is 2.28. The minimum absolute atomic E-state index is 0.0152. The van der Waals surface area contributed by atoms with Crippen molar-refractivity contribution >= 4 is 16.8 Å². The van der Waals surface area contributed by atoms with Crippen LogP contribution in [0.3, 0.4) is 0 Å². The lowest BCUT2D eigenvalue weighted by Gasteiger charge is -2.32. The van der Waals surface area contributed by atoms with Crippen LogP contribution in [0.5, 0.6) is 0 Å². The van der Waals surface area contributed by atoms with Crippen molar-refractivity contribution in [1.82, 2.24) is 19.4 Å². The highest BCUT2D eigenvalue weighted by Crippen LogP contribution is 2.27. The molecule has 4 rings (SSSR count). The lowest BCUT2D eigenvalue weighted by molar-refractivity contribution is 0.0698. The Kier molecular flexibility index (Phi) is 3.99. The van der Waals surface area contributed by atoms with E-state index in [0.29, 0.717) is 12.2 Å². The van der Waals surface area contributed by atoms with Crippen LogP contribution in [0.1, 0.15) is 40.8 Å². The number of imidazole rings is 1. The second-order valence-electron chi connectivity index (χ2n) is 6.83. The highest BCUT2D eigenvalue weighted by atomic mass is 16.2. The summed E-state index contributed by atoms with van der Waals surface area (Å²) in [5, 5.41) is 1.05. The maximum Gasteiger partial charge on any atom is 0.272 e. The van der Waals surface area contributed by atoms with Crippen molar-refractivity contribution in [2.75, 3.05) is 13.1 Å². The summed E-state index contributed by atoms with van der Waals surface area (Å²) in [7, 11) is 2.03. The topological polar surface area (TPSA) is 51.0 Å². The lowest BCUT2D eigenvalue weighted by Crippen LogP contribution is -2.40. The molecule has 0 N–H and O–H groups in total. The van der Waals surface area contributed by atoms with E-state index in [4.69, 9.17) is 0 Å². The smallest absolute Gasteiger partial charge is 0.272 e. The fraction of sp³-hybridized carbons (Fsp3) is 0.350. The molecule has 3 aromatic rings. The minimum Gasteiger partial charge on any atom is -0.337 e. The maximum absolute atomic E-state index is 12.9. The number of pyridine rings is 1. The molecule has 0 saturated carbocycles. The van der Waals surface area contributed by atoms with Crippen LogP contribution < -0.4 is 0 Å². The summed E-state index contributed by atoms with van der Waals surface area (Å²) in [5.41, 5.74) is 2.41. The number of hydrogen-bond acceptors (Lipinski definition) is 3. The number of carbonyl (C=O) groups is 1. The Balaban J connectivity index is 1.57. The largest absolute Gasteiger partial charge is 0.337 e. The molecular formula is C20H22N4O. The van der Waals surface area contributed by atoms with Crippen molar-refractivity contribution in [3.05, 3.63) is 59.8 Å². The third kappa shape index (κ3) is 3.02. The number of amides is 1. The van der Waals surface area contributed by atoms with E-state index in [1.165, 1.54) is 0 Å². The van der Waals surface area contributed by atoms with Gasteiger partial charge in [0.25, 0.3) is 5.91 Å². The van der Waals surface area contributed by atoms with Gasteiger partial charge in [0, 0.05) is 37.6 Å². The van der Waals surface area contributed by atoms with Crippen LogP contribution in [0.15, 0.2) is 42.6 Å². The molecule has 0 spiro atoms. The van der Waals surface area contributed by atoms with Gasteiger partial charge in [0.05, 0.1) is 11.2 Å². The first-order valence-electron chi connectivity index (χ1n) is 8.77. The molecule has 0 aliphatic carbocycles. The number of likely N-dealkylation sites (tertiary alicyclic amines) is 1. The normalized spacial score (nSPS) is 17.8. The first-order chi connectivity index (χ1) is 12.1. The Bertz CT molecular complexity index is 930. The van der Waals surface area contributed by atoms with Crippen molar-refractivity contribution in [3.63, 3.8) is 0 Å². The molecule has 25 heavy (non-hydrogen) atoms. The van der Waals surface area contributed by atoms with Crippen LogP contribution in [-0.2, 0) is 7.05 Å². The molecule has 1 atom stereocenters. The number of hydrogen-bond donors (Lipinski definition) is 0. The molecule has 1 saturated heterocycles. The summed E-state index contributed by atoms with van der Waals surface area (Å²) in [6, 6.07) is 11.7. The summed E-state index contributed by atoms with van der Waals surface area (Å²) < 4.78 is 2.09. The molecule has 5 heteroatoms. The standard InChI is InChI=1S/C20H22N4O/c1-14-12-23(2)19(21-14)16-7-5-11-24(13-16)20(25)18-10-9-15-6-3-4-8-17(15)22-18/h3-4,6,8-10,12,16H,5,7,11,13H2,1-2H3. The highest BCUT2D eigenvalue weighted by molar-refractivity contribution is 5.95. The number of nitrogens with zero attached hydrogens (tertiary/aromatic N) is 4. The van der Waals surface area contributed by atoms with Crippen LogP contribution in [0.4, 0.5) is 0 Å². The number of piperidine rings is 1. The average molecular weight is 334 g/mol. The lowest BCUT2D eigenvalue weighted by atomic mass is 9.97. The van der Waals surface area contributed by atoms with E-state index in [-0.39, 0.29) is 11.8 Å². The van der Waals surface area contributed by atoms with Gasteiger partial charge in [-0.2, -0.15) is 0 Å². The zero-order valence-corrected chi connectivity index (χ0v) is 14.6. The number of rotatable bonds is 2. The molecule has 1 unspecified atom stereocenters. The Morgan fingerprint density at radius 3 is 2.80 bits per heavy atom. The van der Waals surface area contributed by atoms with Crippen LogP contribution >= 0.6 is 0 Å². The van der Waals surface area contributed by atoms with Gasteiger partial charge in [0.1, 0.15) is 11.5 Å². The molecule has 1 aromatic carbocycles. The zero-order valence-electron chi connectivity index (χ0n) is 14.6. The summed E-state index contributed by atoms with van der Waals surface area (Å²) in [4.78, 5) is 24.1. The number of aryl methyl sites for hydroxylation is 2. The number of para-hydroxylation sites is 1. The minimum atomic E-state index is 0.0152. The molecule has 1 aliphatic heterocycles. The third-order valence-electron chi connectivity index (χ3n) is 4.92. The Morgan fingerprint density at radius 2 is 2.00 bits per heavy atom. The fourth-order valence-corrected chi connectivity index (χ4v) is 3.73. The Morgan fingerprint density at radius 1 is 1.16 bits per heavy atom. The van der Waals surface area contributed by atoms with Gasteiger partial charge in [0.2, 0.25) is 0 Å². The average Bonchev–Trinajstić information content (AvgIpc) is 2.99. The third-order valence-corrected chi connectivity index (χ3v) is 4.92. The van der Waals surface area contributed by atoms with E-state index >= 15 is 0 Å². The van der Waals surface area contributed by atoms with Gasteiger partial charge in [-0.1, -0.05) is 24.3 Å². The molecule has 128 valence electrons. The van der Waals surface area contributed by atoms with Crippen LogP contribution in [0, 0.1) is 6.92 Å². The van der Waals surface area contributed by atoms with E-state index in [9.17, 15) is 4.79 Å². The molecule has 2 aromatic heterocycles. The van der Waals surface area contributed by atoms with Gasteiger partial charge in [-0.3, -0.25) is 4.79 Å². The molecule has 1 fully saturated rings. The number of benzene rings is 1. The molecule has 0 radical (unpaired) electrons. The fourth-order valence-electron chi connectivity index (χ4n) is 3.73. The van der Waals surface area contributed by atoms with E-state index in [1.807, 2.05) is 61.5 Å². The van der Waals surface area contributed by atoms with Gasteiger partial charge >= 0.3 is 0 Å². The Labute approximate surface area is 147 Å². The van der Waals surface area contributed by atoms with Crippen molar-refractivity contribution in [3.8, 4) is 0 Å². The van der Waals surface area contributed by atoms with Crippen molar-refractivity contribution in [1.29, 1.82) is 0 Å². The SMILES string of the molecule is Cc1cn(C)c(C2CCCN(C(=O)c3ccc4ccccc4n3)C2)n1. The van der Waals surface area contributed by atoms with Crippen molar-refractivity contribution in [2.45, 2.75) is 25.7 Å². The first kappa shape index (κ1) is 15.8. The molecule has 0 bridgehead atoms. The molecular weight excluding hydrogens is 312 g/mol. The van der Waals surface area contributed by atoms with Gasteiger partial charge in [0.15, 0.2) is 0 Å². The van der Waals surface area contributed by atoms with E-state index in [1.54, 1.807) is 0 Å². The van der Waals surface area contributed by atoms with Crippen LogP contribution in [0.25, 0.3) is 10.9 Å². The maximum atomic E-state index is 12.9. The van der Waals surface area contributed by atoms with E-state index in [0.717, 1.165) is 41.8 Å². The van der Waals surface area contributed by atoms with Crippen molar-refractivity contribution in [2.24, 2.45) is 7.05 Å². The second kappa shape index (κ2) is 6.31. The predicted molar refractivity (Wildman–Crippen MR) is 97.6 cm³/mol. The zero-order chi connectivity index (χ0) is 17.4. The number of carbonyl (C=O) groups excluding carboxylic acids is 1. The summed E-state index contributed by atoms with van der Waals surface area (Å²) in [6.07, 6.45) is 4.11. The second-order valence-corrected chi connectivity index (χ2v) is 6.83. The first-order valence-corrected chi connectivity index (χ1v) is 8.77. The quantitative estimate of drug-likeness (QED) is 0.722. The van der Waals surface area contributed by atoms with E-state index in [2.05, 4.69) is 14.5 Å². The number of aromatic nitrogens is 3. The monoisotopic (exact) mass is 334 g/mol. The molecule has 3 heterocycles. The van der Waals surface area contributed by atoms with Gasteiger partial charge in [-0.05, 0) is 31.9 Å². The summed E-state index contributed by atoms with van der Waals surface area (Å²) in [5.74, 6) is 1.37. The molecule has 1 amide bonds. The van der Waals surface area contributed by atoms with Crippen molar-refractivity contribution < 1.29 is 4.79 Å². The van der Waals surface area contributed by atoms with E-state index < -0.39 is 0 Å². The predicted octanol–water partition coefficient (Wildman–Crippen LogP) is 3.30. The Hall–Kier alpha value is -2.69. The van der Waals surface area contributed by atoms with Gasteiger partial charge in [-0.15, -0.1) is 0 Å². The molecule has 5 nitrogen and oxygen atoms in total. The number of fused-ring (bicyclic) bond motifs is 1. The van der Waals surface area contributed by atoms with Gasteiger partial charge < -0.3 is 9.47 Å². The van der Waals surface area contributed by atoms with Gasteiger partial charge in [-0.25, -0.2) is 9.97 Å². The van der Waals surface area contributed by atoms with Crippen LogP contribution in [-0.4, -0.2) is 38.4 Å².